The molecule has 2 aromatic rings. The zero-order chi connectivity index (χ0) is 16.3. The number of aromatic nitrogens is 3. The topological polar surface area (TPSA) is 80.1 Å². The van der Waals surface area contributed by atoms with Gasteiger partial charge in [0.25, 0.3) is 0 Å². The van der Waals surface area contributed by atoms with Crippen LogP contribution in [0, 0.1) is 0 Å². The Bertz CT molecular complexity index is 744. The third-order valence-electron chi connectivity index (χ3n) is 3.92. The van der Waals surface area contributed by atoms with E-state index in [1.807, 2.05) is 23.0 Å². The van der Waals surface area contributed by atoms with Gasteiger partial charge in [-0.05, 0) is 24.1 Å². The van der Waals surface area contributed by atoms with Gasteiger partial charge in [-0.3, -0.25) is 14.6 Å². The van der Waals surface area contributed by atoms with Crippen LogP contribution in [0.2, 0.25) is 0 Å². The SMILES string of the molecule is CS(=O)(=O)NCC[C@H]1CN(Cc2cccnc2)Cc2ccnn21. The zero-order valence-corrected chi connectivity index (χ0v) is 13.9. The lowest BCUT2D eigenvalue weighted by atomic mass is 10.1. The minimum Gasteiger partial charge on any atom is -0.291 e. The molecule has 1 N–H and O–H groups in total. The predicted octanol–water partition coefficient (Wildman–Crippen LogP) is 0.774. The van der Waals surface area contributed by atoms with Crippen molar-refractivity contribution in [3.8, 4) is 0 Å². The quantitative estimate of drug-likeness (QED) is 0.844. The Morgan fingerprint density at radius 1 is 1.35 bits per heavy atom. The first-order valence-electron chi connectivity index (χ1n) is 7.59. The first kappa shape index (κ1) is 16.1. The zero-order valence-electron chi connectivity index (χ0n) is 13.1. The average Bonchev–Trinajstić information content (AvgIpc) is 2.95. The van der Waals surface area contributed by atoms with Crippen LogP contribution in [0.25, 0.3) is 0 Å². The fraction of sp³-hybridized carbons (Fsp3) is 0.467. The second-order valence-electron chi connectivity index (χ2n) is 5.91. The Labute approximate surface area is 136 Å². The number of pyridine rings is 1. The fourth-order valence-electron chi connectivity index (χ4n) is 2.96. The lowest BCUT2D eigenvalue weighted by Gasteiger charge is -2.34. The van der Waals surface area contributed by atoms with Gasteiger partial charge in [-0.2, -0.15) is 5.10 Å². The Balaban J connectivity index is 1.67. The summed E-state index contributed by atoms with van der Waals surface area (Å²) in [6.07, 6.45) is 7.35. The number of nitrogens with one attached hydrogen (secondary N) is 1. The predicted molar refractivity (Wildman–Crippen MR) is 87.1 cm³/mol. The van der Waals surface area contributed by atoms with Gasteiger partial charge in [0.2, 0.25) is 10.0 Å². The van der Waals surface area contributed by atoms with Crippen LogP contribution in [0.1, 0.15) is 23.7 Å². The summed E-state index contributed by atoms with van der Waals surface area (Å²) in [5, 5.41) is 4.40. The summed E-state index contributed by atoms with van der Waals surface area (Å²) in [6.45, 7) is 2.93. The van der Waals surface area contributed by atoms with Crippen molar-refractivity contribution in [1.29, 1.82) is 0 Å². The van der Waals surface area contributed by atoms with Gasteiger partial charge in [0, 0.05) is 44.8 Å². The van der Waals surface area contributed by atoms with Crippen molar-refractivity contribution in [3.05, 3.63) is 48.0 Å². The van der Waals surface area contributed by atoms with Crippen molar-refractivity contribution in [3.63, 3.8) is 0 Å². The van der Waals surface area contributed by atoms with Gasteiger partial charge in [-0.15, -0.1) is 0 Å². The summed E-state index contributed by atoms with van der Waals surface area (Å²) in [6, 6.07) is 6.20. The van der Waals surface area contributed by atoms with Crippen molar-refractivity contribution in [2.75, 3.05) is 19.3 Å². The van der Waals surface area contributed by atoms with Crippen LogP contribution in [0.5, 0.6) is 0 Å². The van der Waals surface area contributed by atoms with E-state index < -0.39 is 10.0 Å². The van der Waals surface area contributed by atoms with Crippen LogP contribution in [0.15, 0.2) is 36.8 Å². The van der Waals surface area contributed by atoms with Crippen LogP contribution in [-0.4, -0.2) is 47.4 Å². The van der Waals surface area contributed by atoms with E-state index in [1.165, 1.54) is 11.8 Å². The van der Waals surface area contributed by atoms with Crippen molar-refractivity contribution in [2.45, 2.75) is 25.6 Å². The average molecular weight is 335 g/mol. The number of nitrogens with zero attached hydrogens (tertiary/aromatic N) is 4. The van der Waals surface area contributed by atoms with E-state index in [4.69, 9.17) is 0 Å². The first-order chi connectivity index (χ1) is 11.0. The molecule has 1 aliphatic heterocycles. The maximum absolute atomic E-state index is 11.2. The van der Waals surface area contributed by atoms with Crippen molar-refractivity contribution in [1.82, 2.24) is 24.4 Å². The maximum Gasteiger partial charge on any atom is 0.208 e. The summed E-state index contributed by atoms with van der Waals surface area (Å²) in [4.78, 5) is 6.51. The van der Waals surface area contributed by atoms with Crippen LogP contribution in [0.3, 0.4) is 0 Å². The van der Waals surface area contributed by atoms with Gasteiger partial charge >= 0.3 is 0 Å². The molecule has 0 aromatic carbocycles. The number of fused-ring (bicyclic) bond motifs is 1. The summed E-state index contributed by atoms with van der Waals surface area (Å²) >= 11 is 0. The Morgan fingerprint density at radius 2 is 2.22 bits per heavy atom. The van der Waals surface area contributed by atoms with Crippen LogP contribution >= 0.6 is 0 Å². The van der Waals surface area contributed by atoms with Gasteiger partial charge in [-0.1, -0.05) is 6.07 Å². The van der Waals surface area contributed by atoms with Crippen molar-refractivity contribution >= 4 is 10.0 Å². The lowest BCUT2D eigenvalue weighted by Crippen LogP contribution is -2.38. The molecule has 0 aliphatic carbocycles. The minimum absolute atomic E-state index is 0.166. The number of rotatable bonds is 6. The minimum atomic E-state index is -3.15. The molecule has 7 nitrogen and oxygen atoms in total. The van der Waals surface area contributed by atoms with Gasteiger partial charge in [-0.25, -0.2) is 13.1 Å². The molecule has 0 bridgehead atoms. The fourth-order valence-corrected chi connectivity index (χ4v) is 3.45. The van der Waals surface area contributed by atoms with E-state index in [9.17, 15) is 8.42 Å². The van der Waals surface area contributed by atoms with Gasteiger partial charge in [0.05, 0.1) is 18.0 Å². The normalized spacial score (nSPS) is 18.7. The van der Waals surface area contributed by atoms with Gasteiger partial charge < -0.3 is 0 Å². The third-order valence-corrected chi connectivity index (χ3v) is 4.65. The van der Waals surface area contributed by atoms with Gasteiger partial charge in [0.1, 0.15) is 0 Å². The first-order valence-corrected chi connectivity index (χ1v) is 9.49. The standard InChI is InChI=1S/C15H21N5O2S/c1-23(21,22)18-8-5-15-12-19(10-13-3-2-6-16-9-13)11-14-4-7-17-20(14)15/h2-4,6-7,9,15,18H,5,8,10-12H2,1H3/t15-/m0/s1. The largest absolute Gasteiger partial charge is 0.291 e. The number of hydrogen-bond donors (Lipinski definition) is 1. The Hall–Kier alpha value is -1.77. The summed E-state index contributed by atoms with van der Waals surface area (Å²) < 4.78 is 27.0. The molecule has 0 spiro atoms. The Morgan fingerprint density at radius 3 is 2.96 bits per heavy atom. The summed E-state index contributed by atoms with van der Waals surface area (Å²) in [7, 11) is -3.15. The molecule has 3 heterocycles. The highest BCUT2D eigenvalue weighted by molar-refractivity contribution is 7.88. The van der Waals surface area contributed by atoms with E-state index >= 15 is 0 Å². The molecular formula is C15H21N5O2S. The molecule has 0 amide bonds. The second kappa shape index (κ2) is 6.77. The molecule has 0 unspecified atom stereocenters. The molecule has 124 valence electrons. The van der Waals surface area contributed by atoms with E-state index in [-0.39, 0.29) is 6.04 Å². The molecule has 2 aromatic heterocycles. The lowest BCUT2D eigenvalue weighted by molar-refractivity contribution is 0.162. The highest BCUT2D eigenvalue weighted by Crippen LogP contribution is 2.23. The van der Waals surface area contributed by atoms with Gasteiger partial charge in [0.15, 0.2) is 0 Å². The molecule has 1 atom stereocenters. The van der Waals surface area contributed by atoms with Crippen LogP contribution in [0.4, 0.5) is 0 Å². The second-order valence-corrected chi connectivity index (χ2v) is 7.74. The number of hydrogen-bond acceptors (Lipinski definition) is 5. The maximum atomic E-state index is 11.2. The third kappa shape index (κ3) is 4.37. The van der Waals surface area contributed by atoms with Crippen molar-refractivity contribution in [2.24, 2.45) is 0 Å². The van der Waals surface area contributed by atoms with E-state index in [2.05, 4.69) is 25.8 Å². The highest BCUT2D eigenvalue weighted by Gasteiger charge is 2.25. The molecule has 0 radical (unpaired) electrons. The molecule has 0 saturated heterocycles. The van der Waals surface area contributed by atoms with E-state index in [0.29, 0.717) is 13.0 Å². The number of sulfonamides is 1. The molecule has 0 fully saturated rings. The van der Waals surface area contributed by atoms with Crippen LogP contribution in [-0.2, 0) is 23.1 Å². The molecule has 0 saturated carbocycles. The smallest absolute Gasteiger partial charge is 0.208 e. The molecule has 3 rings (SSSR count). The van der Waals surface area contributed by atoms with E-state index in [0.717, 1.165) is 25.3 Å². The summed E-state index contributed by atoms with van der Waals surface area (Å²) in [5.74, 6) is 0. The molecule has 8 heteroatoms. The van der Waals surface area contributed by atoms with Crippen LogP contribution < -0.4 is 4.72 Å². The molecular weight excluding hydrogens is 314 g/mol. The molecule has 23 heavy (non-hydrogen) atoms. The highest BCUT2D eigenvalue weighted by atomic mass is 32.2. The molecule has 1 aliphatic rings. The van der Waals surface area contributed by atoms with Crippen molar-refractivity contribution < 1.29 is 8.42 Å². The monoisotopic (exact) mass is 335 g/mol. The summed E-state index contributed by atoms with van der Waals surface area (Å²) in [5.41, 5.74) is 2.33. The Kier molecular flexibility index (Phi) is 4.74. The van der Waals surface area contributed by atoms with E-state index in [1.54, 1.807) is 12.4 Å².